The van der Waals surface area contributed by atoms with E-state index in [0.29, 0.717) is 5.56 Å². The Morgan fingerprint density at radius 3 is 2.46 bits per heavy atom. The predicted octanol–water partition coefficient (Wildman–Crippen LogP) is 2.41. The molecule has 0 spiro atoms. The van der Waals surface area contributed by atoms with Crippen LogP contribution in [0.15, 0.2) is 28.7 Å². The van der Waals surface area contributed by atoms with Crippen LogP contribution in [-0.4, -0.2) is 17.2 Å². The molecular formula is C9H8BrFO2. The molecule has 4 heteroatoms. The maximum Gasteiger partial charge on any atom is 0.338 e. The number of carboxylic acids is 1. The van der Waals surface area contributed by atoms with Crippen LogP contribution in [0.1, 0.15) is 5.56 Å². The van der Waals surface area contributed by atoms with Gasteiger partial charge in [-0.2, -0.15) is 0 Å². The first-order chi connectivity index (χ1) is 6.09. The van der Waals surface area contributed by atoms with E-state index in [1.54, 1.807) is 24.3 Å². The van der Waals surface area contributed by atoms with Crippen LogP contribution in [0.25, 0.3) is 0 Å². The van der Waals surface area contributed by atoms with Crippen molar-refractivity contribution in [3.05, 3.63) is 34.3 Å². The second kappa shape index (κ2) is 4.37. The van der Waals surface area contributed by atoms with E-state index in [1.807, 2.05) is 0 Å². The molecule has 0 saturated carbocycles. The Morgan fingerprint density at radius 1 is 1.46 bits per heavy atom. The van der Waals surface area contributed by atoms with E-state index in [0.717, 1.165) is 4.47 Å². The summed E-state index contributed by atoms with van der Waals surface area (Å²) in [4.78, 5) is 10.2. The first kappa shape index (κ1) is 10.2. The zero-order chi connectivity index (χ0) is 9.84. The van der Waals surface area contributed by atoms with Crippen molar-refractivity contribution < 1.29 is 14.3 Å². The third-order valence-electron chi connectivity index (χ3n) is 1.60. The lowest BCUT2D eigenvalue weighted by Crippen LogP contribution is -2.16. The monoisotopic (exact) mass is 246 g/mol. The second-order valence-electron chi connectivity index (χ2n) is 2.64. The van der Waals surface area contributed by atoms with Gasteiger partial charge in [-0.3, -0.25) is 0 Å². The lowest BCUT2D eigenvalue weighted by Gasteiger charge is -2.02. The maximum absolute atomic E-state index is 12.7. The van der Waals surface area contributed by atoms with E-state index in [-0.39, 0.29) is 6.42 Å². The van der Waals surface area contributed by atoms with Gasteiger partial charge in [0.05, 0.1) is 0 Å². The van der Waals surface area contributed by atoms with Crippen molar-refractivity contribution in [1.82, 2.24) is 0 Å². The summed E-state index contributed by atoms with van der Waals surface area (Å²) in [5.74, 6) is -1.41. The van der Waals surface area contributed by atoms with Crippen molar-refractivity contribution >= 4 is 21.9 Å². The van der Waals surface area contributed by atoms with Crippen molar-refractivity contribution in [3.63, 3.8) is 0 Å². The van der Waals surface area contributed by atoms with Crippen LogP contribution < -0.4 is 0 Å². The van der Waals surface area contributed by atoms with Crippen molar-refractivity contribution in [3.8, 4) is 0 Å². The molecule has 1 aromatic carbocycles. The number of benzene rings is 1. The summed E-state index contributed by atoms with van der Waals surface area (Å²) in [7, 11) is 0. The molecule has 0 radical (unpaired) electrons. The fraction of sp³-hybridized carbons (Fsp3) is 0.222. The van der Waals surface area contributed by atoms with Gasteiger partial charge in [-0.25, -0.2) is 9.18 Å². The van der Waals surface area contributed by atoms with Crippen molar-refractivity contribution in [2.75, 3.05) is 0 Å². The molecule has 13 heavy (non-hydrogen) atoms. The van der Waals surface area contributed by atoms with Crippen molar-refractivity contribution in [2.45, 2.75) is 12.6 Å². The Kier molecular flexibility index (Phi) is 3.42. The van der Waals surface area contributed by atoms with Crippen LogP contribution in [0.5, 0.6) is 0 Å². The molecule has 70 valence electrons. The van der Waals surface area contributed by atoms with Crippen LogP contribution in [0.2, 0.25) is 0 Å². The van der Waals surface area contributed by atoms with Gasteiger partial charge in [-0.15, -0.1) is 0 Å². The van der Waals surface area contributed by atoms with Crippen molar-refractivity contribution in [2.24, 2.45) is 0 Å². The Labute approximate surface area is 83.5 Å². The Morgan fingerprint density at radius 2 is 2.00 bits per heavy atom. The number of rotatable bonds is 3. The number of carboxylic acid groups (broad SMARTS) is 1. The minimum atomic E-state index is -1.82. The molecule has 0 fully saturated rings. The highest BCUT2D eigenvalue weighted by Gasteiger charge is 2.15. The molecule has 0 aromatic heterocycles. The SMILES string of the molecule is O=C(O)[C@@H](F)Cc1ccc(Br)cc1. The van der Waals surface area contributed by atoms with Gasteiger partial charge in [0.15, 0.2) is 0 Å². The molecular weight excluding hydrogens is 239 g/mol. The molecule has 1 N–H and O–H groups in total. The quantitative estimate of drug-likeness (QED) is 0.890. The van der Waals surface area contributed by atoms with E-state index in [1.165, 1.54) is 0 Å². The van der Waals surface area contributed by atoms with E-state index >= 15 is 0 Å². The molecule has 0 unspecified atom stereocenters. The molecule has 0 aliphatic carbocycles. The Hall–Kier alpha value is -0.900. The van der Waals surface area contributed by atoms with E-state index in [4.69, 9.17) is 5.11 Å². The molecule has 1 rings (SSSR count). The Balaban J connectivity index is 2.64. The highest BCUT2D eigenvalue weighted by Crippen LogP contribution is 2.12. The first-order valence-electron chi connectivity index (χ1n) is 3.71. The summed E-state index contributed by atoms with van der Waals surface area (Å²) in [5, 5.41) is 8.31. The van der Waals surface area contributed by atoms with Crippen molar-refractivity contribution in [1.29, 1.82) is 0 Å². The molecule has 1 aromatic rings. The molecule has 0 aliphatic rings. The Bertz CT molecular complexity index is 297. The zero-order valence-electron chi connectivity index (χ0n) is 6.71. The van der Waals surface area contributed by atoms with E-state index < -0.39 is 12.1 Å². The molecule has 0 amide bonds. The fourth-order valence-electron chi connectivity index (χ4n) is 0.915. The smallest absolute Gasteiger partial charge is 0.338 e. The normalized spacial score (nSPS) is 12.5. The number of hydrogen-bond donors (Lipinski definition) is 1. The van der Waals surface area contributed by atoms with Crippen LogP contribution in [-0.2, 0) is 11.2 Å². The first-order valence-corrected chi connectivity index (χ1v) is 4.50. The van der Waals surface area contributed by atoms with Gasteiger partial charge in [-0.05, 0) is 17.7 Å². The van der Waals surface area contributed by atoms with E-state index in [2.05, 4.69) is 15.9 Å². The number of carbonyl (C=O) groups is 1. The highest BCUT2D eigenvalue weighted by molar-refractivity contribution is 9.10. The third kappa shape index (κ3) is 3.14. The van der Waals surface area contributed by atoms with Gasteiger partial charge in [-0.1, -0.05) is 28.1 Å². The van der Waals surface area contributed by atoms with Crippen LogP contribution >= 0.6 is 15.9 Å². The number of alkyl halides is 1. The summed E-state index contributed by atoms with van der Waals surface area (Å²) in [6.07, 6.45) is -1.90. The van der Waals surface area contributed by atoms with Gasteiger partial charge in [0, 0.05) is 10.9 Å². The standard InChI is InChI=1S/C9H8BrFO2/c10-7-3-1-6(2-4-7)5-8(11)9(12)13/h1-4,8H,5H2,(H,12,13)/t8-/m0/s1. The minimum absolute atomic E-state index is 0.0807. The fourth-order valence-corrected chi connectivity index (χ4v) is 1.18. The molecule has 0 heterocycles. The molecule has 0 bridgehead atoms. The summed E-state index contributed by atoms with van der Waals surface area (Å²) < 4.78 is 13.6. The largest absolute Gasteiger partial charge is 0.479 e. The number of hydrogen-bond acceptors (Lipinski definition) is 1. The lowest BCUT2D eigenvalue weighted by atomic mass is 10.1. The summed E-state index contributed by atoms with van der Waals surface area (Å²) in [6.45, 7) is 0. The topological polar surface area (TPSA) is 37.3 Å². The van der Waals surface area contributed by atoms with Gasteiger partial charge in [0.1, 0.15) is 0 Å². The average Bonchev–Trinajstić information content (AvgIpc) is 2.08. The molecule has 2 nitrogen and oxygen atoms in total. The van der Waals surface area contributed by atoms with E-state index in [9.17, 15) is 9.18 Å². The van der Waals surface area contributed by atoms with Gasteiger partial charge >= 0.3 is 5.97 Å². The van der Waals surface area contributed by atoms with Crippen LogP contribution in [0.3, 0.4) is 0 Å². The van der Waals surface area contributed by atoms with Gasteiger partial charge in [0.2, 0.25) is 6.17 Å². The average molecular weight is 247 g/mol. The molecule has 0 aliphatic heterocycles. The molecule has 1 atom stereocenters. The minimum Gasteiger partial charge on any atom is -0.479 e. The predicted molar refractivity (Wildman–Crippen MR) is 50.4 cm³/mol. The molecule has 0 saturated heterocycles. The summed E-state index contributed by atoms with van der Waals surface area (Å²) in [6, 6.07) is 6.90. The zero-order valence-corrected chi connectivity index (χ0v) is 8.29. The summed E-state index contributed by atoms with van der Waals surface area (Å²) in [5.41, 5.74) is 0.679. The summed E-state index contributed by atoms with van der Waals surface area (Å²) >= 11 is 3.23. The van der Waals surface area contributed by atoms with Crippen LogP contribution in [0.4, 0.5) is 4.39 Å². The lowest BCUT2D eigenvalue weighted by molar-refractivity contribution is -0.142. The van der Waals surface area contributed by atoms with Crippen LogP contribution in [0, 0.1) is 0 Å². The van der Waals surface area contributed by atoms with Gasteiger partial charge < -0.3 is 5.11 Å². The maximum atomic E-state index is 12.7. The second-order valence-corrected chi connectivity index (χ2v) is 3.55. The highest BCUT2D eigenvalue weighted by atomic mass is 79.9. The third-order valence-corrected chi connectivity index (χ3v) is 2.12. The van der Waals surface area contributed by atoms with Gasteiger partial charge in [0.25, 0.3) is 0 Å². The number of aliphatic carboxylic acids is 1. The number of halogens is 2.